The number of halogens is 1. The number of hydrogen-bond acceptors (Lipinski definition) is 3. The Morgan fingerprint density at radius 3 is 2.30 bits per heavy atom. The summed E-state index contributed by atoms with van der Waals surface area (Å²) in [6.07, 6.45) is 4.36. The first-order chi connectivity index (χ1) is 10.5. The minimum atomic E-state index is -0.566. The number of quaternary nitrogens is 1. The van der Waals surface area contributed by atoms with Crippen LogP contribution in [0.15, 0.2) is 30.3 Å². The lowest BCUT2D eigenvalue weighted by Gasteiger charge is -2.44. The number of nitrogens with zero attached hydrogens (tertiary/aromatic N) is 1. The van der Waals surface area contributed by atoms with E-state index in [-0.39, 0.29) is 35.7 Å². The molecule has 4 nitrogen and oxygen atoms in total. The molecule has 2 bridgehead atoms. The number of fused-ring (bicyclic) bond motifs is 2. The van der Waals surface area contributed by atoms with E-state index in [1.165, 1.54) is 12.8 Å². The first-order valence-electron chi connectivity index (χ1n) is 8.22. The number of carbonyl (C=O) groups is 1. The number of piperidine rings is 1. The van der Waals surface area contributed by atoms with E-state index in [2.05, 4.69) is 14.1 Å². The molecule has 2 saturated heterocycles. The van der Waals surface area contributed by atoms with Crippen molar-refractivity contribution in [3.8, 4) is 0 Å². The molecule has 0 spiro atoms. The largest absolute Gasteiger partial charge is 1.00 e. The van der Waals surface area contributed by atoms with E-state index in [4.69, 9.17) is 4.74 Å². The van der Waals surface area contributed by atoms with E-state index in [1.54, 1.807) is 0 Å². The van der Waals surface area contributed by atoms with Gasteiger partial charge in [0.1, 0.15) is 12.0 Å². The quantitative estimate of drug-likeness (QED) is 0.540. The molecule has 1 aromatic rings. The second-order valence-corrected chi connectivity index (χ2v) is 7.19. The third-order valence-corrected chi connectivity index (χ3v) is 5.74. The Balaban J connectivity index is 0.00000192. The molecule has 0 aromatic heterocycles. The third-order valence-electron chi connectivity index (χ3n) is 5.74. The van der Waals surface area contributed by atoms with Crippen molar-refractivity contribution >= 4 is 5.97 Å². The van der Waals surface area contributed by atoms with Gasteiger partial charge in [-0.25, -0.2) is 0 Å². The van der Waals surface area contributed by atoms with Gasteiger partial charge in [-0.05, 0) is 5.56 Å². The minimum absolute atomic E-state index is 0. The van der Waals surface area contributed by atoms with Crippen molar-refractivity contribution in [1.82, 2.24) is 0 Å². The van der Waals surface area contributed by atoms with Gasteiger partial charge in [-0.15, -0.1) is 0 Å². The van der Waals surface area contributed by atoms with Crippen LogP contribution in [-0.4, -0.2) is 54.4 Å². The average Bonchev–Trinajstić information content (AvgIpc) is 2.68. The lowest BCUT2D eigenvalue weighted by atomic mass is 9.96. The molecule has 2 unspecified atom stereocenters. The van der Waals surface area contributed by atoms with Crippen LogP contribution in [0, 0.1) is 0 Å². The molecule has 2 fully saturated rings. The van der Waals surface area contributed by atoms with E-state index >= 15 is 0 Å². The number of esters is 1. The van der Waals surface area contributed by atoms with Crippen LogP contribution < -0.4 is 17.0 Å². The van der Waals surface area contributed by atoms with Gasteiger partial charge in [-0.3, -0.25) is 4.79 Å². The zero-order chi connectivity index (χ0) is 15.7. The van der Waals surface area contributed by atoms with Crippen molar-refractivity contribution in [2.45, 2.75) is 49.8 Å². The number of carbonyl (C=O) groups excluding carboxylic acids is 1. The Labute approximate surface area is 148 Å². The van der Waals surface area contributed by atoms with Crippen molar-refractivity contribution < 1.29 is 36.1 Å². The smallest absolute Gasteiger partial charge is 0.316 e. The fourth-order valence-electron chi connectivity index (χ4n) is 4.17. The molecule has 0 saturated carbocycles. The summed E-state index contributed by atoms with van der Waals surface area (Å²) in [5.41, 5.74) is 0.824. The fraction of sp³-hybridized carbons (Fsp3) is 0.611. The molecule has 2 aliphatic heterocycles. The molecular weight excluding hydrogens is 358 g/mol. The maximum absolute atomic E-state index is 12.5. The predicted molar refractivity (Wildman–Crippen MR) is 84.3 cm³/mol. The van der Waals surface area contributed by atoms with Crippen molar-refractivity contribution in [2.24, 2.45) is 0 Å². The fourth-order valence-corrected chi connectivity index (χ4v) is 4.17. The van der Waals surface area contributed by atoms with Crippen LogP contribution in [0.5, 0.6) is 0 Å². The number of benzene rings is 1. The Hall–Kier alpha value is -0.910. The number of hydrogen-bond donors (Lipinski definition) is 1. The highest BCUT2D eigenvalue weighted by Gasteiger charge is 2.50. The highest BCUT2D eigenvalue weighted by molar-refractivity contribution is 5.78. The Morgan fingerprint density at radius 1 is 1.22 bits per heavy atom. The molecule has 0 aliphatic carbocycles. The standard InChI is InChI=1S/C18H26NO3.BrH/c1-19(2)14-8-9-15(19)11-16(10-14)22-18(21)17(12-20)13-6-4-3-5-7-13;/h3-7,14-17,20H,8-12H2,1-2H3;1H/q+1;/p-1/t14?,15?,16?,17-;/m0./s1. The van der Waals surface area contributed by atoms with Gasteiger partial charge in [-0.2, -0.15) is 0 Å². The lowest BCUT2D eigenvalue weighted by Crippen LogP contribution is -3.00. The molecule has 3 rings (SSSR count). The molecule has 5 heteroatoms. The highest BCUT2D eigenvalue weighted by Crippen LogP contribution is 2.40. The molecule has 0 radical (unpaired) electrons. The van der Waals surface area contributed by atoms with Crippen LogP contribution in [0.4, 0.5) is 0 Å². The van der Waals surface area contributed by atoms with Gasteiger partial charge >= 0.3 is 5.97 Å². The second kappa shape index (κ2) is 7.32. The van der Waals surface area contributed by atoms with Gasteiger partial charge in [0.15, 0.2) is 0 Å². The highest BCUT2D eigenvalue weighted by atomic mass is 79.9. The van der Waals surface area contributed by atoms with E-state index < -0.39 is 5.92 Å². The van der Waals surface area contributed by atoms with Gasteiger partial charge in [0.05, 0.1) is 32.8 Å². The molecule has 3 atom stereocenters. The third kappa shape index (κ3) is 3.62. The van der Waals surface area contributed by atoms with E-state index in [1.807, 2.05) is 30.3 Å². The van der Waals surface area contributed by atoms with Crippen molar-refractivity contribution in [1.29, 1.82) is 0 Å². The lowest BCUT2D eigenvalue weighted by molar-refractivity contribution is -0.931. The van der Waals surface area contributed by atoms with Crippen LogP contribution in [0.2, 0.25) is 0 Å². The van der Waals surface area contributed by atoms with Crippen LogP contribution in [-0.2, 0) is 9.53 Å². The van der Waals surface area contributed by atoms with Crippen molar-refractivity contribution in [2.75, 3.05) is 20.7 Å². The number of rotatable bonds is 4. The summed E-state index contributed by atoms with van der Waals surface area (Å²) in [7, 11) is 4.59. The van der Waals surface area contributed by atoms with Gasteiger partial charge < -0.3 is 31.3 Å². The van der Waals surface area contributed by atoms with Gasteiger partial charge in [0.25, 0.3) is 0 Å². The molecule has 0 amide bonds. The molecule has 128 valence electrons. The first kappa shape index (κ1) is 18.4. The molecule has 2 aliphatic rings. The van der Waals surface area contributed by atoms with Crippen LogP contribution >= 0.6 is 0 Å². The van der Waals surface area contributed by atoms with E-state index in [0.717, 1.165) is 22.9 Å². The average molecular weight is 384 g/mol. The van der Waals surface area contributed by atoms with Crippen molar-refractivity contribution in [3.05, 3.63) is 35.9 Å². The Kier molecular flexibility index (Phi) is 5.87. The summed E-state index contributed by atoms with van der Waals surface area (Å²) in [4.78, 5) is 12.5. The summed E-state index contributed by atoms with van der Waals surface area (Å²) in [6.45, 7) is -0.204. The first-order valence-corrected chi connectivity index (χ1v) is 8.22. The zero-order valence-corrected chi connectivity index (χ0v) is 15.4. The number of aliphatic hydroxyl groups excluding tert-OH is 1. The number of aliphatic hydroxyl groups is 1. The van der Waals surface area contributed by atoms with E-state index in [9.17, 15) is 9.90 Å². The van der Waals surface area contributed by atoms with Gasteiger partial charge in [0, 0.05) is 25.7 Å². The van der Waals surface area contributed by atoms with Crippen molar-refractivity contribution in [3.63, 3.8) is 0 Å². The molecule has 2 heterocycles. The summed E-state index contributed by atoms with van der Waals surface area (Å²) in [6, 6.07) is 10.6. The predicted octanol–water partition coefficient (Wildman–Crippen LogP) is -0.920. The zero-order valence-electron chi connectivity index (χ0n) is 13.8. The topological polar surface area (TPSA) is 46.5 Å². The minimum Gasteiger partial charge on any atom is -1.00 e. The summed E-state index contributed by atoms with van der Waals surface area (Å²) < 4.78 is 6.83. The van der Waals surface area contributed by atoms with Crippen LogP contribution in [0.1, 0.15) is 37.2 Å². The normalized spacial score (nSPS) is 29.4. The van der Waals surface area contributed by atoms with E-state index in [0.29, 0.717) is 12.1 Å². The maximum Gasteiger partial charge on any atom is 0.316 e. The van der Waals surface area contributed by atoms with Gasteiger partial charge in [0.2, 0.25) is 0 Å². The molecule has 1 N–H and O–H groups in total. The molecule has 1 aromatic carbocycles. The van der Waals surface area contributed by atoms with Crippen LogP contribution in [0.3, 0.4) is 0 Å². The Morgan fingerprint density at radius 2 is 1.78 bits per heavy atom. The molecular formula is C18H26BrNO3. The summed E-state index contributed by atoms with van der Waals surface area (Å²) >= 11 is 0. The SMILES string of the molecule is C[N+]1(C)C2CCC1CC(OC(=O)[C@@H](CO)c1ccccc1)C2.[Br-]. The molecule has 23 heavy (non-hydrogen) atoms. The van der Waals surface area contributed by atoms with Crippen LogP contribution in [0.25, 0.3) is 0 Å². The Bertz CT molecular complexity index is 518. The number of ether oxygens (including phenoxy) is 1. The monoisotopic (exact) mass is 383 g/mol. The maximum atomic E-state index is 12.5. The second-order valence-electron chi connectivity index (χ2n) is 7.19. The van der Waals surface area contributed by atoms with Gasteiger partial charge in [-0.1, -0.05) is 30.3 Å². The summed E-state index contributed by atoms with van der Waals surface area (Å²) in [5.74, 6) is -0.853. The summed E-state index contributed by atoms with van der Waals surface area (Å²) in [5, 5.41) is 9.57.